The molecule has 0 atom stereocenters. The molecule has 1 aromatic carbocycles. The predicted molar refractivity (Wildman–Crippen MR) is 76.8 cm³/mol. The first kappa shape index (κ1) is 12.0. The fourth-order valence-electron chi connectivity index (χ4n) is 1.64. The van der Waals surface area contributed by atoms with Crippen LogP contribution in [0.4, 0.5) is 0 Å². The van der Waals surface area contributed by atoms with Crippen LogP contribution in [0.5, 0.6) is 0 Å². The van der Waals surface area contributed by atoms with Gasteiger partial charge in [0.15, 0.2) is 3.01 Å². The highest BCUT2D eigenvalue weighted by atomic mass is 127. The summed E-state index contributed by atoms with van der Waals surface area (Å²) in [5, 5.41) is 9.30. The minimum absolute atomic E-state index is 0.133. The van der Waals surface area contributed by atoms with Gasteiger partial charge in [-0.1, -0.05) is 56.4 Å². The summed E-state index contributed by atoms with van der Waals surface area (Å²) in [4.78, 5) is 0. The number of aromatic nitrogens is 2. The van der Waals surface area contributed by atoms with Crippen LogP contribution < -0.4 is 0 Å². The van der Waals surface area contributed by atoms with E-state index in [1.807, 2.05) is 0 Å². The maximum absolute atomic E-state index is 4.22. The lowest BCUT2D eigenvalue weighted by Crippen LogP contribution is -2.12. The van der Waals surface area contributed by atoms with Gasteiger partial charge in [-0.05, 0) is 33.6 Å². The first-order valence-corrected chi connectivity index (χ1v) is 6.97. The zero-order valence-corrected chi connectivity index (χ0v) is 12.5. The summed E-state index contributed by atoms with van der Waals surface area (Å²) in [5.74, 6) is 0. The molecule has 4 heteroatoms. The quantitative estimate of drug-likeness (QED) is 0.728. The minimum Gasteiger partial charge on any atom is -0.137 e. The molecule has 0 aliphatic carbocycles. The number of benzene rings is 1. The van der Waals surface area contributed by atoms with Gasteiger partial charge in [0, 0.05) is 5.56 Å². The summed E-state index contributed by atoms with van der Waals surface area (Å²) in [6.07, 6.45) is 0. The minimum atomic E-state index is 0.133. The fraction of sp³-hybridized carbons (Fsp3) is 0.333. The molecule has 2 nitrogen and oxygen atoms in total. The highest BCUT2D eigenvalue weighted by molar-refractivity contribution is 14.1. The van der Waals surface area contributed by atoms with Gasteiger partial charge in [0.1, 0.15) is 5.01 Å². The van der Waals surface area contributed by atoms with Crippen molar-refractivity contribution in [1.29, 1.82) is 0 Å². The van der Waals surface area contributed by atoms with E-state index in [-0.39, 0.29) is 5.41 Å². The Hall–Kier alpha value is -0.490. The smallest absolute Gasteiger partial charge is 0.137 e. The SMILES string of the molecule is CC(C)(C)c1ccccc1-c1nnc(I)s1. The van der Waals surface area contributed by atoms with Crippen molar-refractivity contribution in [2.45, 2.75) is 26.2 Å². The molecule has 0 aliphatic heterocycles. The molecule has 0 spiro atoms. The van der Waals surface area contributed by atoms with Gasteiger partial charge >= 0.3 is 0 Å². The van der Waals surface area contributed by atoms with E-state index in [0.29, 0.717) is 0 Å². The normalized spacial score (nSPS) is 11.8. The largest absolute Gasteiger partial charge is 0.178 e. The standard InChI is InChI=1S/C12H13IN2S/c1-12(2,3)9-7-5-4-6-8(9)10-14-15-11(13)16-10/h4-7H,1-3H3. The van der Waals surface area contributed by atoms with Crippen molar-refractivity contribution in [2.75, 3.05) is 0 Å². The molecule has 16 heavy (non-hydrogen) atoms. The van der Waals surface area contributed by atoms with Crippen LogP contribution in [0.1, 0.15) is 26.3 Å². The van der Waals surface area contributed by atoms with Crippen LogP contribution in [0.15, 0.2) is 24.3 Å². The molecule has 84 valence electrons. The highest BCUT2D eigenvalue weighted by Crippen LogP contribution is 2.34. The lowest BCUT2D eigenvalue weighted by molar-refractivity contribution is 0.592. The van der Waals surface area contributed by atoms with Gasteiger partial charge in [0.2, 0.25) is 0 Å². The third-order valence-corrected chi connectivity index (χ3v) is 3.99. The maximum atomic E-state index is 4.22. The van der Waals surface area contributed by atoms with E-state index in [0.717, 1.165) is 8.02 Å². The summed E-state index contributed by atoms with van der Waals surface area (Å²) >= 11 is 3.84. The van der Waals surface area contributed by atoms with E-state index >= 15 is 0 Å². The molecule has 0 aliphatic rings. The van der Waals surface area contributed by atoms with Crippen molar-refractivity contribution in [3.8, 4) is 10.6 Å². The first-order valence-electron chi connectivity index (χ1n) is 5.07. The van der Waals surface area contributed by atoms with Crippen LogP contribution in [0.25, 0.3) is 10.6 Å². The van der Waals surface area contributed by atoms with Crippen LogP contribution in [0.3, 0.4) is 0 Å². The van der Waals surface area contributed by atoms with Crippen molar-refractivity contribution in [2.24, 2.45) is 0 Å². The van der Waals surface area contributed by atoms with Crippen molar-refractivity contribution < 1.29 is 0 Å². The lowest BCUT2D eigenvalue weighted by atomic mass is 9.84. The van der Waals surface area contributed by atoms with Gasteiger partial charge in [0.25, 0.3) is 0 Å². The molecule has 0 unspecified atom stereocenters. The molecule has 2 rings (SSSR count). The number of rotatable bonds is 1. The average Bonchev–Trinajstić information content (AvgIpc) is 2.64. The molecule has 0 amide bonds. The maximum Gasteiger partial charge on any atom is 0.178 e. The van der Waals surface area contributed by atoms with Gasteiger partial charge < -0.3 is 0 Å². The molecular weight excluding hydrogens is 331 g/mol. The van der Waals surface area contributed by atoms with Crippen molar-refractivity contribution in [1.82, 2.24) is 10.2 Å². The van der Waals surface area contributed by atoms with Crippen molar-refractivity contribution >= 4 is 33.9 Å². The lowest BCUT2D eigenvalue weighted by Gasteiger charge is -2.21. The third kappa shape index (κ3) is 2.43. The zero-order valence-electron chi connectivity index (χ0n) is 9.49. The second-order valence-corrected chi connectivity index (χ2v) is 7.39. The molecule has 1 aromatic heterocycles. The Morgan fingerprint density at radius 2 is 1.81 bits per heavy atom. The van der Waals surface area contributed by atoms with Crippen LogP contribution >= 0.6 is 33.9 Å². The zero-order chi connectivity index (χ0) is 11.8. The van der Waals surface area contributed by atoms with Gasteiger partial charge in [-0.3, -0.25) is 0 Å². The van der Waals surface area contributed by atoms with Crippen LogP contribution in [0, 0.1) is 3.01 Å². The van der Waals surface area contributed by atoms with E-state index < -0.39 is 0 Å². The Kier molecular flexibility index (Phi) is 3.30. The Morgan fingerprint density at radius 3 is 2.38 bits per heavy atom. The van der Waals surface area contributed by atoms with Crippen molar-refractivity contribution in [3.05, 3.63) is 32.8 Å². The second kappa shape index (κ2) is 4.41. The Bertz CT molecular complexity index is 500. The van der Waals surface area contributed by atoms with E-state index in [4.69, 9.17) is 0 Å². The summed E-state index contributed by atoms with van der Waals surface area (Å²) < 4.78 is 0.983. The monoisotopic (exact) mass is 344 g/mol. The first-order chi connectivity index (χ1) is 7.48. The summed E-state index contributed by atoms with van der Waals surface area (Å²) in [6.45, 7) is 6.66. The molecule has 0 saturated carbocycles. The van der Waals surface area contributed by atoms with E-state index in [2.05, 4.69) is 77.8 Å². The average molecular weight is 344 g/mol. The van der Waals surface area contributed by atoms with Gasteiger partial charge in [-0.25, -0.2) is 0 Å². The Balaban J connectivity index is 2.57. The van der Waals surface area contributed by atoms with E-state index in [1.54, 1.807) is 11.3 Å². The molecule has 0 N–H and O–H groups in total. The van der Waals surface area contributed by atoms with Crippen LogP contribution in [-0.2, 0) is 5.41 Å². The van der Waals surface area contributed by atoms with Crippen molar-refractivity contribution in [3.63, 3.8) is 0 Å². The van der Waals surface area contributed by atoms with E-state index in [9.17, 15) is 0 Å². The molecule has 2 aromatic rings. The summed E-state index contributed by atoms with van der Waals surface area (Å²) in [7, 11) is 0. The number of hydrogen-bond acceptors (Lipinski definition) is 3. The van der Waals surface area contributed by atoms with Gasteiger partial charge in [-0.15, -0.1) is 10.2 Å². The fourth-order valence-corrected chi connectivity index (χ4v) is 2.98. The molecular formula is C12H13IN2S. The van der Waals surface area contributed by atoms with Gasteiger partial charge in [0.05, 0.1) is 0 Å². The van der Waals surface area contributed by atoms with E-state index in [1.165, 1.54) is 11.1 Å². The predicted octanol–water partition coefficient (Wildman–Crippen LogP) is 4.11. The number of halogens is 1. The molecule has 0 radical (unpaired) electrons. The van der Waals surface area contributed by atoms with Crippen LogP contribution in [-0.4, -0.2) is 10.2 Å². The third-order valence-electron chi connectivity index (χ3n) is 2.37. The highest BCUT2D eigenvalue weighted by Gasteiger charge is 2.19. The summed E-state index contributed by atoms with van der Waals surface area (Å²) in [5.41, 5.74) is 2.66. The Labute approximate surface area is 113 Å². The summed E-state index contributed by atoms with van der Waals surface area (Å²) in [6, 6.07) is 8.43. The van der Waals surface area contributed by atoms with Gasteiger partial charge in [-0.2, -0.15) is 0 Å². The molecule has 1 heterocycles. The number of nitrogens with zero attached hydrogens (tertiary/aromatic N) is 2. The van der Waals surface area contributed by atoms with Crippen LogP contribution in [0.2, 0.25) is 0 Å². The topological polar surface area (TPSA) is 25.8 Å². The molecule has 0 bridgehead atoms. The molecule has 0 fully saturated rings. The number of hydrogen-bond donors (Lipinski definition) is 0. The Morgan fingerprint density at radius 1 is 1.12 bits per heavy atom. The molecule has 0 saturated heterocycles. The second-order valence-electron chi connectivity index (χ2n) is 4.66.